The van der Waals surface area contributed by atoms with Crippen molar-refractivity contribution in [2.45, 2.75) is 12.8 Å². The van der Waals surface area contributed by atoms with Gasteiger partial charge in [0.2, 0.25) is 0 Å². The third-order valence-corrected chi connectivity index (χ3v) is 3.76. The number of allylic oxidation sites excluding steroid dienone is 1. The summed E-state index contributed by atoms with van der Waals surface area (Å²) < 4.78 is 18.9. The quantitative estimate of drug-likeness (QED) is 0.774. The molecule has 0 amide bonds. The number of piperidine rings is 1. The predicted molar refractivity (Wildman–Crippen MR) is 68.4 cm³/mol. The summed E-state index contributed by atoms with van der Waals surface area (Å²) in [5, 5.41) is 1.85. The Balaban J connectivity index is 1.89. The molecule has 1 saturated heterocycles. The fourth-order valence-electron chi connectivity index (χ4n) is 2.78. The van der Waals surface area contributed by atoms with Crippen LogP contribution in [-0.2, 0) is 0 Å². The van der Waals surface area contributed by atoms with Gasteiger partial charge in [-0.25, -0.2) is 9.40 Å². The Bertz CT molecular complexity index is 479. The van der Waals surface area contributed by atoms with Gasteiger partial charge in [0.25, 0.3) is 0 Å². The van der Waals surface area contributed by atoms with Crippen molar-refractivity contribution in [2.24, 2.45) is 11.8 Å². The maximum atomic E-state index is 13.4. The molecule has 96 valence electrons. The number of nitrogens with zero attached hydrogens (tertiary/aromatic N) is 1. The van der Waals surface area contributed by atoms with Gasteiger partial charge >= 0.3 is 0 Å². The predicted octanol–water partition coefficient (Wildman–Crippen LogP) is 2.19. The van der Waals surface area contributed by atoms with Gasteiger partial charge in [-0.3, -0.25) is 5.84 Å². The first-order chi connectivity index (χ1) is 8.74. The molecule has 1 aromatic carbocycles. The second kappa shape index (κ2) is 4.71. The zero-order valence-corrected chi connectivity index (χ0v) is 10.2. The molecule has 2 N–H and O–H groups in total. The molecule has 0 bridgehead atoms. The highest BCUT2D eigenvalue weighted by atomic mass is 19.1. The molecule has 0 saturated carbocycles. The SMILES string of the molecule is NN1CCC(C2=CCOc3ccc(F)cc32)CC1. The lowest BCUT2D eigenvalue weighted by Crippen LogP contribution is -2.39. The van der Waals surface area contributed by atoms with Crippen molar-refractivity contribution >= 4 is 5.57 Å². The van der Waals surface area contributed by atoms with Gasteiger partial charge in [-0.1, -0.05) is 0 Å². The number of ether oxygens (including phenoxy) is 1. The molecule has 4 heteroatoms. The molecule has 18 heavy (non-hydrogen) atoms. The van der Waals surface area contributed by atoms with Gasteiger partial charge in [0, 0.05) is 18.7 Å². The summed E-state index contributed by atoms with van der Waals surface area (Å²) in [5.74, 6) is 6.83. The summed E-state index contributed by atoms with van der Waals surface area (Å²) in [7, 11) is 0. The number of fused-ring (bicyclic) bond motifs is 1. The number of halogens is 1. The van der Waals surface area contributed by atoms with E-state index in [4.69, 9.17) is 10.6 Å². The molecular formula is C14H17FN2O. The van der Waals surface area contributed by atoms with Crippen molar-refractivity contribution < 1.29 is 9.13 Å². The van der Waals surface area contributed by atoms with Gasteiger partial charge in [0.15, 0.2) is 0 Å². The van der Waals surface area contributed by atoms with Crippen molar-refractivity contribution in [3.8, 4) is 5.75 Å². The average Bonchev–Trinajstić information content (AvgIpc) is 2.39. The first-order valence-electron chi connectivity index (χ1n) is 6.36. The van der Waals surface area contributed by atoms with Crippen LogP contribution in [0.15, 0.2) is 24.3 Å². The summed E-state index contributed by atoms with van der Waals surface area (Å²) >= 11 is 0. The van der Waals surface area contributed by atoms with Gasteiger partial charge < -0.3 is 4.74 Å². The van der Waals surface area contributed by atoms with Crippen molar-refractivity contribution in [3.05, 3.63) is 35.7 Å². The first kappa shape index (κ1) is 11.7. The lowest BCUT2D eigenvalue weighted by molar-refractivity contribution is 0.210. The van der Waals surface area contributed by atoms with E-state index in [1.54, 1.807) is 12.1 Å². The van der Waals surface area contributed by atoms with Crippen LogP contribution >= 0.6 is 0 Å². The van der Waals surface area contributed by atoms with Crippen LogP contribution < -0.4 is 10.6 Å². The van der Waals surface area contributed by atoms with E-state index in [1.807, 2.05) is 5.01 Å². The van der Waals surface area contributed by atoms with Crippen LogP contribution in [0.1, 0.15) is 18.4 Å². The highest BCUT2D eigenvalue weighted by molar-refractivity contribution is 5.73. The summed E-state index contributed by atoms with van der Waals surface area (Å²) in [6, 6.07) is 4.75. The number of benzene rings is 1. The second-order valence-corrected chi connectivity index (χ2v) is 4.92. The summed E-state index contributed by atoms with van der Waals surface area (Å²) in [6.07, 6.45) is 4.13. The molecule has 1 fully saturated rings. The van der Waals surface area contributed by atoms with Gasteiger partial charge in [0.05, 0.1) is 0 Å². The van der Waals surface area contributed by atoms with Gasteiger partial charge in [-0.05, 0) is 48.6 Å². The lowest BCUT2D eigenvalue weighted by Gasteiger charge is -2.32. The highest BCUT2D eigenvalue weighted by Crippen LogP contribution is 2.38. The Morgan fingerprint density at radius 1 is 1.28 bits per heavy atom. The topological polar surface area (TPSA) is 38.5 Å². The van der Waals surface area contributed by atoms with E-state index in [1.165, 1.54) is 11.6 Å². The van der Waals surface area contributed by atoms with Gasteiger partial charge in [-0.2, -0.15) is 0 Å². The van der Waals surface area contributed by atoms with Gasteiger partial charge in [0.1, 0.15) is 18.2 Å². The molecule has 0 aliphatic carbocycles. The van der Waals surface area contributed by atoms with Crippen molar-refractivity contribution in [3.63, 3.8) is 0 Å². The molecule has 0 unspecified atom stereocenters. The largest absolute Gasteiger partial charge is 0.489 e. The number of hydrazine groups is 1. The molecule has 0 spiro atoms. The highest BCUT2D eigenvalue weighted by Gasteiger charge is 2.25. The molecule has 0 aromatic heterocycles. The number of hydrogen-bond acceptors (Lipinski definition) is 3. The van der Waals surface area contributed by atoms with E-state index < -0.39 is 0 Å². The van der Waals surface area contributed by atoms with Crippen LogP contribution in [0.2, 0.25) is 0 Å². The average molecular weight is 248 g/mol. The van der Waals surface area contributed by atoms with E-state index in [0.717, 1.165) is 37.2 Å². The van der Waals surface area contributed by atoms with Crippen LogP contribution in [0.3, 0.4) is 0 Å². The molecule has 0 atom stereocenters. The van der Waals surface area contributed by atoms with E-state index in [9.17, 15) is 4.39 Å². The monoisotopic (exact) mass is 248 g/mol. The lowest BCUT2D eigenvalue weighted by atomic mass is 9.84. The third-order valence-electron chi connectivity index (χ3n) is 3.76. The Kier molecular flexibility index (Phi) is 3.06. The smallest absolute Gasteiger partial charge is 0.127 e. The van der Waals surface area contributed by atoms with Crippen LogP contribution in [0.4, 0.5) is 4.39 Å². The minimum Gasteiger partial charge on any atom is -0.489 e. The minimum absolute atomic E-state index is 0.207. The summed E-state index contributed by atoms with van der Waals surface area (Å²) in [5.41, 5.74) is 2.14. The Labute approximate surface area is 106 Å². The van der Waals surface area contributed by atoms with Crippen LogP contribution in [0.25, 0.3) is 5.57 Å². The number of rotatable bonds is 1. The van der Waals surface area contributed by atoms with Crippen LogP contribution in [0, 0.1) is 11.7 Å². The summed E-state index contributed by atoms with van der Waals surface area (Å²) in [4.78, 5) is 0. The minimum atomic E-state index is -0.207. The fourth-order valence-corrected chi connectivity index (χ4v) is 2.78. The molecule has 2 aliphatic heterocycles. The number of nitrogens with two attached hydrogens (primary N) is 1. The van der Waals surface area contributed by atoms with Crippen molar-refractivity contribution in [2.75, 3.05) is 19.7 Å². The second-order valence-electron chi connectivity index (χ2n) is 4.92. The van der Waals surface area contributed by atoms with Crippen molar-refractivity contribution in [1.82, 2.24) is 5.01 Å². The zero-order valence-electron chi connectivity index (χ0n) is 10.2. The Morgan fingerprint density at radius 2 is 2.06 bits per heavy atom. The van der Waals surface area contributed by atoms with E-state index in [2.05, 4.69) is 6.08 Å². The maximum Gasteiger partial charge on any atom is 0.127 e. The van der Waals surface area contributed by atoms with E-state index in [-0.39, 0.29) is 5.82 Å². The molecule has 2 heterocycles. The fraction of sp³-hybridized carbons (Fsp3) is 0.429. The number of hydrogen-bond donors (Lipinski definition) is 1. The molecule has 3 nitrogen and oxygen atoms in total. The van der Waals surface area contributed by atoms with E-state index >= 15 is 0 Å². The molecule has 0 radical (unpaired) electrons. The Morgan fingerprint density at radius 3 is 2.83 bits per heavy atom. The standard InChI is InChI=1S/C14H17FN2O/c15-11-1-2-14-13(9-11)12(5-8-18-14)10-3-6-17(16)7-4-10/h1-2,5,9-10H,3-4,6-8,16H2. The van der Waals surface area contributed by atoms with Crippen LogP contribution in [-0.4, -0.2) is 24.7 Å². The molecule has 3 rings (SSSR count). The summed E-state index contributed by atoms with van der Waals surface area (Å²) in [6.45, 7) is 2.37. The third kappa shape index (κ3) is 2.13. The van der Waals surface area contributed by atoms with E-state index in [0.29, 0.717) is 12.5 Å². The molecule has 2 aliphatic rings. The van der Waals surface area contributed by atoms with Crippen LogP contribution in [0.5, 0.6) is 5.75 Å². The molecular weight excluding hydrogens is 231 g/mol. The Hall–Kier alpha value is -1.39. The molecule has 1 aromatic rings. The van der Waals surface area contributed by atoms with Crippen molar-refractivity contribution in [1.29, 1.82) is 0 Å². The maximum absolute atomic E-state index is 13.4. The zero-order chi connectivity index (χ0) is 12.5. The van der Waals surface area contributed by atoms with Gasteiger partial charge in [-0.15, -0.1) is 0 Å². The normalized spacial score (nSPS) is 21.1. The first-order valence-corrected chi connectivity index (χ1v) is 6.36.